The molecule has 1 saturated carbocycles. The molecule has 98 valence electrons. The average Bonchev–Trinajstić information content (AvgIpc) is 2.39. The van der Waals surface area contributed by atoms with Crippen LogP contribution in [0.25, 0.3) is 0 Å². The van der Waals surface area contributed by atoms with E-state index in [-0.39, 0.29) is 5.84 Å². The first-order valence-electron chi connectivity index (χ1n) is 6.76. The molecular formula is C15H23N3. The molecule has 0 aliphatic heterocycles. The summed E-state index contributed by atoms with van der Waals surface area (Å²) in [6.07, 6.45) is 5.09. The van der Waals surface area contributed by atoms with Crippen LogP contribution in [0.3, 0.4) is 0 Å². The molecule has 0 unspecified atom stereocenters. The van der Waals surface area contributed by atoms with Gasteiger partial charge in [0.2, 0.25) is 0 Å². The fraction of sp³-hybridized carbons (Fsp3) is 0.533. The molecular weight excluding hydrogens is 222 g/mol. The van der Waals surface area contributed by atoms with Crippen molar-refractivity contribution in [3.63, 3.8) is 0 Å². The van der Waals surface area contributed by atoms with Gasteiger partial charge in [0.05, 0.1) is 0 Å². The van der Waals surface area contributed by atoms with Gasteiger partial charge in [0.25, 0.3) is 0 Å². The van der Waals surface area contributed by atoms with Gasteiger partial charge >= 0.3 is 0 Å². The van der Waals surface area contributed by atoms with E-state index in [0.717, 1.165) is 17.2 Å². The molecule has 1 aromatic rings. The Bertz CT molecular complexity index is 420. The van der Waals surface area contributed by atoms with Crippen LogP contribution < -0.4 is 10.6 Å². The maximum atomic E-state index is 7.67. The number of anilines is 1. The molecule has 0 saturated heterocycles. The van der Waals surface area contributed by atoms with E-state index in [4.69, 9.17) is 11.1 Å². The molecule has 3 nitrogen and oxygen atoms in total. The minimum Gasteiger partial charge on any atom is -0.384 e. The number of amidine groups is 1. The van der Waals surface area contributed by atoms with Gasteiger partial charge < -0.3 is 10.6 Å². The summed E-state index contributed by atoms with van der Waals surface area (Å²) in [4.78, 5) is 2.31. The van der Waals surface area contributed by atoms with E-state index in [0.29, 0.717) is 6.04 Å². The highest BCUT2D eigenvalue weighted by molar-refractivity contribution is 6.00. The zero-order valence-electron chi connectivity index (χ0n) is 11.3. The minimum atomic E-state index is 0.154. The molecule has 0 heterocycles. The fourth-order valence-corrected chi connectivity index (χ4v) is 2.84. The largest absolute Gasteiger partial charge is 0.384 e. The molecule has 2 rings (SSSR count). The van der Waals surface area contributed by atoms with Gasteiger partial charge in [0, 0.05) is 24.3 Å². The molecule has 1 fully saturated rings. The SMILES string of the molecule is CC1CCC(N(C)c2ccccc2C(=N)N)CC1. The maximum absolute atomic E-state index is 7.67. The lowest BCUT2D eigenvalue weighted by Crippen LogP contribution is -2.36. The first-order chi connectivity index (χ1) is 8.59. The first-order valence-corrected chi connectivity index (χ1v) is 6.76. The number of rotatable bonds is 3. The Morgan fingerprint density at radius 1 is 1.22 bits per heavy atom. The Morgan fingerprint density at radius 3 is 2.44 bits per heavy atom. The van der Waals surface area contributed by atoms with Crippen molar-refractivity contribution in [3.05, 3.63) is 29.8 Å². The lowest BCUT2D eigenvalue weighted by atomic mass is 9.86. The van der Waals surface area contributed by atoms with Gasteiger partial charge in [-0.25, -0.2) is 0 Å². The Balaban J connectivity index is 2.18. The van der Waals surface area contributed by atoms with E-state index in [1.165, 1.54) is 25.7 Å². The number of nitrogens with one attached hydrogen (secondary N) is 1. The quantitative estimate of drug-likeness (QED) is 0.635. The van der Waals surface area contributed by atoms with Crippen molar-refractivity contribution in [2.24, 2.45) is 11.7 Å². The van der Waals surface area contributed by atoms with Crippen molar-refractivity contribution >= 4 is 11.5 Å². The van der Waals surface area contributed by atoms with Crippen LogP contribution in [0.2, 0.25) is 0 Å². The Kier molecular flexibility index (Phi) is 3.90. The summed E-state index contributed by atoms with van der Waals surface area (Å²) in [7, 11) is 2.13. The highest BCUT2D eigenvalue weighted by Gasteiger charge is 2.23. The Labute approximate surface area is 109 Å². The smallest absolute Gasteiger partial charge is 0.124 e. The molecule has 0 spiro atoms. The molecule has 1 aliphatic carbocycles. The van der Waals surface area contributed by atoms with E-state index < -0.39 is 0 Å². The second-order valence-corrected chi connectivity index (χ2v) is 5.46. The molecule has 3 N–H and O–H groups in total. The zero-order chi connectivity index (χ0) is 13.1. The van der Waals surface area contributed by atoms with Crippen LogP contribution >= 0.6 is 0 Å². The number of nitrogens with two attached hydrogens (primary N) is 1. The summed E-state index contributed by atoms with van der Waals surface area (Å²) in [5.74, 6) is 1.01. The normalized spacial score (nSPS) is 23.7. The van der Waals surface area contributed by atoms with Gasteiger partial charge in [0.1, 0.15) is 5.84 Å². The second-order valence-electron chi connectivity index (χ2n) is 5.46. The fourth-order valence-electron chi connectivity index (χ4n) is 2.84. The standard InChI is InChI=1S/C15H23N3/c1-11-7-9-12(10-8-11)18(2)14-6-4-3-5-13(14)15(16)17/h3-6,11-12H,7-10H2,1-2H3,(H3,16,17). The summed E-state index contributed by atoms with van der Waals surface area (Å²) in [5.41, 5.74) is 7.59. The minimum absolute atomic E-state index is 0.154. The topological polar surface area (TPSA) is 53.1 Å². The summed E-state index contributed by atoms with van der Waals surface area (Å²) in [6.45, 7) is 2.33. The van der Waals surface area contributed by atoms with E-state index >= 15 is 0 Å². The third-order valence-electron chi connectivity index (χ3n) is 4.11. The number of hydrogen-bond donors (Lipinski definition) is 2. The third-order valence-corrected chi connectivity index (χ3v) is 4.11. The van der Waals surface area contributed by atoms with E-state index in [1.54, 1.807) is 0 Å². The molecule has 1 aromatic carbocycles. The van der Waals surface area contributed by atoms with Crippen molar-refractivity contribution in [2.75, 3.05) is 11.9 Å². The number of benzene rings is 1. The number of nitrogen functional groups attached to an aromatic ring is 1. The number of nitrogens with zero attached hydrogens (tertiary/aromatic N) is 1. The zero-order valence-corrected chi connectivity index (χ0v) is 11.3. The van der Waals surface area contributed by atoms with Gasteiger partial charge in [-0.3, -0.25) is 5.41 Å². The van der Waals surface area contributed by atoms with Gasteiger partial charge in [-0.1, -0.05) is 19.1 Å². The second kappa shape index (κ2) is 5.42. The Hall–Kier alpha value is -1.51. The van der Waals surface area contributed by atoms with Crippen LogP contribution in [-0.2, 0) is 0 Å². The predicted molar refractivity (Wildman–Crippen MR) is 77.3 cm³/mol. The molecule has 0 amide bonds. The van der Waals surface area contributed by atoms with Crippen molar-refractivity contribution in [3.8, 4) is 0 Å². The molecule has 18 heavy (non-hydrogen) atoms. The molecule has 0 bridgehead atoms. The molecule has 0 atom stereocenters. The van der Waals surface area contributed by atoms with Crippen LogP contribution in [0.1, 0.15) is 38.2 Å². The van der Waals surface area contributed by atoms with Crippen molar-refractivity contribution in [2.45, 2.75) is 38.6 Å². The van der Waals surface area contributed by atoms with Gasteiger partial charge in [0.15, 0.2) is 0 Å². The third kappa shape index (κ3) is 2.66. The van der Waals surface area contributed by atoms with Crippen molar-refractivity contribution in [1.82, 2.24) is 0 Å². The summed E-state index contributed by atoms with van der Waals surface area (Å²) in [5, 5.41) is 7.67. The van der Waals surface area contributed by atoms with Crippen LogP contribution in [0.15, 0.2) is 24.3 Å². The number of para-hydroxylation sites is 1. The highest BCUT2D eigenvalue weighted by Crippen LogP contribution is 2.30. The lowest BCUT2D eigenvalue weighted by molar-refractivity contribution is 0.340. The first kappa shape index (κ1) is 12.9. The van der Waals surface area contributed by atoms with Gasteiger partial charge in [-0.15, -0.1) is 0 Å². The number of hydrogen-bond acceptors (Lipinski definition) is 2. The molecule has 3 heteroatoms. The van der Waals surface area contributed by atoms with Crippen molar-refractivity contribution < 1.29 is 0 Å². The monoisotopic (exact) mass is 245 g/mol. The average molecular weight is 245 g/mol. The highest BCUT2D eigenvalue weighted by atomic mass is 15.1. The summed E-state index contributed by atoms with van der Waals surface area (Å²) in [6, 6.07) is 8.54. The maximum Gasteiger partial charge on any atom is 0.124 e. The molecule has 0 aromatic heterocycles. The van der Waals surface area contributed by atoms with Crippen molar-refractivity contribution in [1.29, 1.82) is 5.41 Å². The molecule has 1 aliphatic rings. The van der Waals surface area contributed by atoms with E-state index in [1.807, 2.05) is 18.2 Å². The summed E-state index contributed by atoms with van der Waals surface area (Å²) >= 11 is 0. The lowest BCUT2D eigenvalue weighted by Gasteiger charge is -2.36. The van der Waals surface area contributed by atoms with Crippen LogP contribution in [0.5, 0.6) is 0 Å². The van der Waals surface area contributed by atoms with Gasteiger partial charge in [-0.05, 0) is 43.7 Å². The van der Waals surface area contributed by atoms with Crippen LogP contribution in [-0.4, -0.2) is 18.9 Å². The van der Waals surface area contributed by atoms with E-state index in [2.05, 4.69) is 24.9 Å². The van der Waals surface area contributed by atoms with Gasteiger partial charge in [-0.2, -0.15) is 0 Å². The summed E-state index contributed by atoms with van der Waals surface area (Å²) < 4.78 is 0. The van der Waals surface area contributed by atoms with E-state index in [9.17, 15) is 0 Å². The molecule has 0 radical (unpaired) electrons. The Morgan fingerprint density at radius 2 is 1.83 bits per heavy atom. The van der Waals surface area contributed by atoms with Crippen LogP contribution in [0, 0.1) is 11.3 Å². The van der Waals surface area contributed by atoms with Crippen LogP contribution in [0.4, 0.5) is 5.69 Å². The predicted octanol–water partition coefficient (Wildman–Crippen LogP) is 2.99.